The number of hydrogen-bond acceptors (Lipinski definition) is 5. The number of aryl methyl sites for hydroxylation is 1. The number of amides is 1. The molecule has 4 rings (SSSR count). The number of Topliss-reactive ketones (excluding diaryl/α,β-unsaturated/α-hetero) is 1. The van der Waals surface area contributed by atoms with E-state index in [4.69, 9.17) is 0 Å². The van der Waals surface area contributed by atoms with Crippen molar-refractivity contribution in [2.24, 2.45) is 0 Å². The van der Waals surface area contributed by atoms with Crippen LogP contribution in [0.4, 0.5) is 0 Å². The van der Waals surface area contributed by atoms with Gasteiger partial charge in [0.15, 0.2) is 0 Å². The predicted molar refractivity (Wildman–Crippen MR) is 131 cm³/mol. The lowest BCUT2D eigenvalue weighted by molar-refractivity contribution is -0.127. The lowest BCUT2D eigenvalue weighted by atomic mass is 9.86. The van der Waals surface area contributed by atoms with Crippen molar-refractivity contribution in [1.29, 1.82) is 0 Å². The average molecular weight is 480 g/mol. The van der Waals surface area contributed by atoms with Crippen LogP contribution in [0.5, 0.6) is 0 Å². The van der Waals surface area contributed by atoms with Gasteiger partial charge in [0.25, 0.3) is 5.91 Å². The molecule has 178 valence electrons. The van der Waals surface area contributed by atoms with Crippen molar-refractivity contribution in [2.75, 3.05) is 26.2 Å². The Labute approximate surface area is 200 Å². The maximum atomic E-state index is 13.3. The number of pyridine rings is 1. The van der Waals surface area contributed by atoms with E-state index >= 15 is 0 Å². The number of rotatable bonds is 4. The highest BCUT2D eigenvalue weighted by molar-refractivity contribution is 7.89. The van der Waals surface area contributed by atoms with E-state index in [9.17, 15) is 18.0 Å². The van der Waals surface area contributed by atoms with Crippen molar-refractivity contribution in [1.82, 2.24) is 14.2 Å². The number of carbonyl (C=O) groups excluding carboxylic acids is 2. The third-order valence-corrected chi connectivity index (χ3v) is 8.09. The van der Waals surface area contributed by atoms with E-state index in [1.165, 1.54) is 9.21 Å². The Bertz CT molecular complexity index is 1350. The second-order valence-electron chi connectivity index (χ2n) is 9.69. The summed E-state index contributed by atoms with van der Waals surface area (Å²) in [4.78, 5) is 31.5. The van der Waals surface area contributed by atoms with Crippen molar-refractivity contribution < 1.29 is 18.0 Å². The van der Waals surface area contributed by atoms with Gasteiger partial charge in [0.05, 0.1) is 5.52 Å². The minimum Gasteiger partial charge on any atom is -0.333 e. The number of para-hydroxylation sites is 1. The van der Waals surface area contributed by atoms with Crippen LogP contribution in [0.15, 0.2) is 59.6 Å². The first-order valence-electron chi connectivity index (χ1n) is 11.3. The summed E-state index contributed by atoms with van der Waals surface area (Å²) in [6.07, 6.45) is 1.65. The molecule has 0 atom stereocenters. The number of hydrogen-bond donors (Lipinski definition) is 0. The van der Waals surface area contributed by atoms with Crippen molar-refractivity contribution in [3.05, 3.63) is 71.4 Å². The zero-order valence-corrected chi connectivity index (χ0v) is 20.7. The molecule has 34 heavy (non-hydrogen) atoms. The Morgan fingerprint density at radius 1 is 0.941 bits per heavy atom. The largest absolute Gasteiger partial charge is 0.333 e. The lowest BCUT2D eigenvalue weighted by Crippen LogP contribution is -2.52. The summed E-state index contributed by atoms with van der Waals surface area (Å²) in [5.41, 5.74) is 2.75. The van der Waals surface area contributed by atoms with Crippen molar-refractivity contribution in [2.45, 2.75) is 38.0 Å². The second-order valence-corrected chi connectivity index (χ2v) is 11.6. The molecule has 2 heterocycles. The van der Waals surface area contributed by atoms with E-state index in [2.05, 4.69) is 25.8 Å². The van der Waals surface area contributed by atoms with E-state index in [1.54, 1.807) is 30.5 Å². The molecule has 0 radical (unpaired) electrons. The van der Waals surface area contributed by atoms with Crippen LogP contribution in [0.3, 0.4) is 0 Å². The molecule has 0 spiro atoms. The zero-order valence-electron chi connectivity index (χ0n) is 19.9. The second kappa shape index (κ2) is 8.92. The summed E-state index contributed by atoms with van der Waals surface area (Å²) >= 11 is 0. The summed E-state index contributed by atoms with van der Waals surface area (Å²) in [6.45, 7) is 8.69. The van der Waals surface area contributed by atoms with Crippen LogP contribution in [0, 0.1) is 6.92 Å². The third kappa shape index (κ3) is 4.60. The minimum absolute atomic E-state index is 0.0498. The Balaban J connectivity index is 1.47. The fourth-order valence-electron chi connectivity index (χ4n) is 4.11. The van der Waals surface area contributed by atoms with E-state index in [0.29, 0.717) is 11.1 Å². The SMILES string of the molecule is Cc1cnc2c(S(=O)(=O)N3CCN(C(=O)C(=O)c4ccc(C(C)(C)C)cc4)CC3)cccc2c1. The summed E-state index contributed by atoms with van der Waals surface area (Å²) < 4.78 is 28.0. The van der Waals surface area contributed by atoms with E-state index in [-0.39, 0.29) is 36.5 Å². The number of piperazine rings is 1. The van der Waals surface area contributed by atoms with E-state index in [1.807, 2.05) is 31.2 Å². The summed E-state index contributed by atoms with van der Waals surface area (Å²) in [5, 5.41) is 0.762. The molecule has 1 aliphatic rings. The van der Waals surface area contributed by atoms with Gasteiger partial charge in [0.2, 0.25) is 15.8 Å². The van der Waals surface area contributed by atoms with Gasteiger partial charge in [-0.2, -0.15) is 4.31 Å². The van der Waals surface area contributed by atoms with Crippen LogP contribution >= 0.6 is 0 Å². The smallest absolute Gasteiger partial charge is 0.295 e. The Morgan fingerprint density at radius 2 is 1.59 bits per heavy atom. The molecular formula is C26H29N3O4S. The van der Waals surface area contributed by atoms with Crippen LogP contribution in [-0.4, -0.2) is 60.5 Å². The maximum absolute atomic E-state index is 13.3. The molecule has 0 saturated carbocycles. The van der Waals surface area contributed by atoms with Gasteiger partial charge in [-0.15, -0.1) is 0 Å². The van der Waals surface area contributed by atoms with Gasteiger partial charge < -0.3 is 4.90 Å². The van der Waals surface area contributed by atoms with Crippen LogP contribution in [0.1, 0.15) is 42.3 Å². The van der Waals surface area contributed by atoms with Gasteiger partial charge >= 0.3 is 0 Å². The third-order valence-electron chi connectivity index (χ3n) is 6.16. The molecule has 2 aromatic carbocycles. The Kier molecular flexibility index (Phi) is 6.31. The number of sulfonamides is 1. The maximum Gasteiger partial charge on any atom is 0.295 e. The van der Waals surface area contributed by atoms with Crippen LogP contribution < -0.4 is 0 Å². The Hall–Kier alpha value is -3.10. The highest BCUT2D eigenvalue weighted by Crippen LogP contribution is 2.26. The molecule has 1 aliphatic heterocycles. The molecular weight excluding hydrogens is 450 g/mol. The van der Waals surface area contributed by atoms with Crippen LogP contribution in [-0.2, 0) is 20.2 Å². The first kappa shape index (κ1) is 24.0. The molecule has 0 bridgehead atoms. The predicted octanol–water partition coefficient (Wildman–Crippen LogP) is 3.56. The molecule has 1 fully saturated rings. The van der Waals surface area contributed by atoms with E-state index < -0.39 is 21.7 Å². The summed E-state index contributed by atoms with van der Waals surface area (Å²) in [6, 6.07) is 14.1. The van der Waals surface area contributed by atoms with Crippen LogP contribution in [0.2, 0.25) is 0 Å². The molecule has 0 unspecified atom stereocenters. The molecule has 1 aromatic heterocycles. The molecule has 0 N–H and O–H groups in total. The van der Waals surface area contributed by atoms with Crippen LogP contribution in [0.25, 0.3) is 10.9 Å². The van der Waals surface area contributed by atoms with Gasteiger partial charge in [-0.3, -0.25) is 14.6 Å². The fourth-order valence-corrected chi connectivity index (χ4v) is 5.70. The normalized spacial score (nSPS) is 15.5. The molecule has 0 aliphatic carbocycles. The van der Waals surface area contributed by atoms with Gasteiger partial charge in [0, 0.05) is 43.3 Å². The summed E-state index contributed by atoms with van der Waals surface area (Å²) in [7, 11) is -3.79. The number of nitrogens with zero attached hydrogens (tertiary/aromatic N) is 3. The number of benzene rings is 2. The molecule has 8 heteroatoms. The number of aromatic nitrogens is 1. The molecule has 1 saturated heterocycles. The summed E-state index contributed by atoms with van der Waals surface area (Å²) in [5.74, 6) is -1.19. The minimum atomic E-state index is -3.79. The van der Waals surface area contributed by atoms with Gasteiger partial charge in [-0.05, 0) is 35.6 Å². The molecule has 1 amide bonds. The standard InChI is InChI=1S/C26H29N3O4S/c1-18-16-20-6-5-7-22(23(20)27-17-18)34(32,33)29-14-12-28(13-15-29)25(31)24(30)19-8-10-21(11-9-19)26(2,3)4/h5-11,16-17H,12-15H2,1-4H3. The number of ketones is 1. The van der Waals surface area contributed by atoms with Gasteiger partial charge in [-0.25, -0.2) is 8.42 Å². The first-order valence-corrected chi connectivity index (χ1v) is 12.7. The van der Waals surface area contributed by atoms with Crippen molar-refractivity contribution in [3.63, 3.8) is 0 Å². The lowest BCUT2D eigenvalue weighted by Gasteiger charge is -2.33. The van der Waals surface area contributed by atoms with Crippen molar-refractivity contribution >= 4 is 32.6 Å². The monoisotopic (exact) mass is 479 g/mol. The average Bonchev–Trinajstić information content (AvgIpc) is 2.82. The number of fused-ring (bicyclic) bond motifs is 1. The van der Waals surface area contributed by atoms with Crippen molar-refractivity contribution in [3.8, 4) is 0 Å². The highest BCUT2D eigenvalue weighted by Gasteiger charge is 2.33. The molecule has 7 nitrogen and oxygen atoms in total. The Morgan fingerprint density at radius 3 is 2.21 bits per heavy atom. The van der Waals surface area contributed by atoms with Gasteiger partial charge in [-0.1, -0.05) is 57.2 Å². The topological polar surface area (TPSA) is 87.7 Å². The first-order chi connectivity index (χ1) is 16.0. The van der Waals surface area contributed by atoms with Gasteiger partial charge in [0.1, 0.15) is 4.90 Å². The fraction of sp³-hybridized carbons (Fsp3) is 0.346. The highest BCUT2D eigenvalue weighted by atomic mass is 32.2. The number of carbonyl (C=O) groups is 2. The quantitative estimate of drug-likeness (QED) is 0.422. The van der Waals surface area contributed by atoms with E-state index in [0.717, 1.165) is 16.5 Å². The molecule has 3 aromatic rings. The zero-order chi connectivity index (χ0) is 24.7.